The van der Waals surface area contributed by atoms with Gasteiger partial charge in [-0.05, 0) is 65.0 Å². The third-order valence-corrected chi connectivity index (χ3v) is 4.56. The predicted octanol–water partition coefficient (Wildman–Crippen LogP) is 3.06. The summed E-state index contributed by atoms with van der Waals surface area (Å²) in [6, 6.07) is 8.28. The molecule has 0 fully saturated rings. The minimum atomic E-state index is -0.500. The van der Waals surface area contributed by atoms with Gasteiger partial charge in [0.15, 0.2) is 6.61 Å². The molecule has 0 atom stereocenters. The molecule has 0 saturated carbocycles. The maximum atomic E-state index is 13.0. The first-order chi connectivity index (χ1) is 14.6. The van der Waals surface area contributed by atoms with E-state index in [1.807, 2.05) is 34.6 Å². The number of rotatable bonds is 9. The number of aryl methyl sites for hydroxylation is 1. The van der Waals surface area contributed by atoms with Crippen molar-refractivity contribution in [1.82, 2.24) is 9.47 Å². The molecule has 0 radical (unpaired) electrons. The molecule has 8 nitrogen and oxygen atoms in total. The lowest BCUT2D eigenvalue weighted by atomic mass is 10.1. The summed E-state index contributed by atoms with van der Waals surface area (Å²) < 4.78 is 12.1. The minimum Gasteiger partial charge on any atom is -0.494 e. The molecule has 2 aromatic rings. The summed E-state index contributed by atoms with van der Waals surface area (Å²) >= 11 is 0. The first-order valence-electron chi connectivity index (χ1n) is 10.3. The highest BCUT2D eigenvalue weighted by atomic mass is 16.5. The van der Waals surface area contributed by atoms with E-state index in [4.69, 9.17) is 9.47 Å². The van der Waals surface area contributed by atoms with Gasteiger partial charge >= 0.3 is 0 Å². The smallest absolute Gasteiger partial charge is 0.274 e. The molecule has 168 valence electrons. The highest BCUT2D eigenvalue weighted by Gasteiger charge is 2.23. The number of benzene rings is 1. The van der Waals surface area contributed by atoms with Gasteiger partial charge in [0.05, 0.1) is 12.2 Å². The van der Waals surface area contributed by atoms with Crippen LogP contribution in [0.3, 0.4) is 0 Å². The molecule has 31 heavy (non-hydrogen) atoms. The van der Waals surface area contributed by atoms with E-state index < -0.39 is 11.5 Å². The Morgan fingerprint density at radius 2 is 1.58 bits per heavy atom. The Morgan fingerprint density at radius 1 is 1.03 bits per heavy atom. The molecule has 0 aliphatic rings. The van der Waals surface area contributed by atoms with E-state index in [1.165, 1.54) is 16.8 Å². The topological polar surface area (TPSA) is 89.9 Å². The van der Waals surface area contributed by atoms with Crippen molar-refractivity contribution in [2.24, 2.45) is 7.05 Å². The van der Waals surface area contributed by atoms with Crippen molar-refractivity contribution >= 4 is 17.5 Å². The van der Waals surface area contributed by atoms with Crippen LogP contribution >= 0.6 is 0 Å². The SMILES string of the molecule is CCOc1ccc(OCC(=O)Nc2cc(C(=O)N(C(C)C)C(C)C)cn(C)c2=O)cc1. The summed E-state index contributed by atoms with van der Waals surface area (Å²) in [4.78, 5) is 39.5. The number of hydrogen-bond acceptors (Lipinski definition) is 5. The highest BCUT2D eigenvalue weighted by molar-refractivity contribution is 5.97. The van der Waals surface area contributed by atoms with Crippen LogP contribution in [0.4, 0.5) is 5.69 Å². The number of carbonyl (C=O) groups excluding carboxylic acids is 2. The number of aromatic nitrogens is 1. The van der Waals surface area contributed by atoms with Crippen molar-refractivity contribution < 1.29 is 19.1 Å². The Labute approximate surface area is 182 Å². The Bertz CT molecular complexity index is 956. The zero-order chi connectivity index (χ0) is 23.1. The van der Waals surface area contributed by atoms with Crippen LogP contribution in [0.2, 0.25) is 0 Å². The van der Waals surface area contributed by atoms with E-state index in [0.717, 1.165) is 0 Å². The lowest BCUT2D eigenvalue weighted by Gasteiger charge is -2.31. The number of nitrogens with zero attached hydrogens (tertiary/aromatic N) is 2. The third kappa shape index (κ3) is 6.34. The predicted molar refractivity (Wildman–Crippen MR) is 120 cm³/mol. The van der Waals surface area contributed by atoms with Crippen LogP contribution in [0.25, 0.3) is 0 Å². The molecule has 2 rings (SSSR count). The second kappa shape index (κ2) is 10.7. The van der Waals surface area contributed by atoms with E-state index in [1.54, 1.807) is 36.2 Å². The average Bonchev–Trinajstić information content (AvgIpc) is 2.70. The van der Waals surface area contributed by atoms with Gasteiger partial charge in [-0.2, -0.15) is 0 Å². The van der Waals surface area contributed by atoms with Crippen LogP contribution in [-0.4, -0.2) is 46.6 Å². The lowest BCUT2D eigenvalue weighted by Crippen LogP contribution is -2.42. The number of ether oxygens (including phenoxy) is 2. The van der Waals surface area contributed by atoms with Gasteiger partial charge in [-0.15, -0.1) is 0 Å². The number of amides is 2. The van der Waals surface area contributed by atoms with E-state index >= 15 is 0 Å². The maximum absolute atomic E-state index is 13.0. The minimum absolute atomic E-state index is 0.00899. The largest absolute Gasteiger partial charge is 0.494 e. The summed E-state index contributed by atoms with van der Waals surface area (Å²) in [5.41, 5.74) is -0.0556. The van der Waals surface area contributed by atoms with Crippen LogP contribution in [0.5, 0.6) is 11.5 Å². The second-order valence-electron chi connectivity index (χ2n) is 7.70. The first kappa shape index (κ1) is 24.0. The number of pyridine rings is 1. The number of hydrogen-bond donors (Lipinski definition) is 1. The van der Waals surface area contributed by atoms with Gasteiger partial charge in [0.2, 0.25) is 0 Å². The van der Waals surface area contributed by atoms with Gasteiger partial charge in [0.1, 0.15) is 17.2 Å². The summed E-state index contributed by atoms with van der Waals surface area (Å²) in [5, 5.41) is 2.55. The Morgan fingerprint density at radius 3 is 2.10 bits per heavy atom. The van der Waals surface area contributed by atoms with Crippen LogP contribution < -0.4 is 20.3 Å². The molecule has 0 spiro atoms. The van der Waals surface area contributed by atoms with Crippen LogP contribution in [0, 0.1) is 0 Å². The summed E-state index contributed by atoms with van der Waals surface area (Å²) in [6.45, 7) is 9.90. The molecule has 0 saturated heterocycles. The standard InChI is InChI=1S/C23H31N3O5/c1-7-30-18-8-10-19(11-9-18)31-14-21(27)24-20-12-17(13-25(6)23(20)29)22(28)26(15(2)3)16(4)5/h8-13,15-16H,7,14H2,1-6H3,(H,24,27). The number of anilines is 1. The first-order valence-corrected chi connectivity index (χ1v) is 10.3. The van der Waals surface area contributed by atoms with Crippen molar-refractivity contribution in [2.75, 3.05) is 18.5 Å². The van der Waals surface area contributed by atoms with E-state index in [-0.39, 0.29) is 30.3 Å². The molecule has 0 bridgehead atoms. The molecule has 0 unspecified atom stereocenters. The molecule has 1 N–H and O–H groups in total. The quantitative estimate of drug-likeness (QED) is 0.662. The van der Waals surface area contributed by atoms with Gasteiger partial charge in [-0.1, -0.05) is 0 Å². The Balaban J connectivity index is 2.12. The third-order valence-electron chi connectivity index (χ3n) is 4.56. The molecule has 2 amide bonds. The van der Waals surface area contributed by atoms with Gasteiger partial charge in [-0.25, -0.2) is 0 Å². The van der Waals surface area contributed by atoms with E-state index in [2.05, 4.69) is 5.32 Å². The Hall–Kier alpha value is -3.29. The van der Waals surface area contributed by atoms with Crippen LogP contribution in [0.15, 0.2) is 41.3 Å². The highest BCUT2D eigenvalue weighted by Crippen LogP contribution is 2.18. The number of nitrogens with one attached hydrogen (secondary N) is 1. The lowest BCUT2D eigenvalue weighted by molar-refractivity contribution is -0.118. The summed E-state index contributed by atoms with van der Waals surface area (Å²) in [7, 11) is 1.54. The fraction of sp³-hybridized carbons (Fsp3) is 0.435. The molecule has 1 aromatic carbocycles. The van der Waals surface area contributed by atoms with Gasteiger partial charge in [-0.3, -0.25) is 14.4 Å². The van der Waals surface area contributed by atoms with Gasteiger partial charge in [0, 0.05) is 25.3 Å². The zero-order valence-electron chi connectivity index (χ0n) is 19.0. The van der Waals surface area contributed by atoms with Crippen molar-refractivity contribution in [2.45, 2.75) is 46.7 Å². The maximum Gasteiger partial charge on any atom is 0.274 e. The van der Waals surface area contributed by atoms with Crippen LogP contribution in [0.1, 0.15) is 45.0 Å². The van der Waals surface area contributed by atoms with Crippen molar-refractivity contribution in [3.63, 3.8) is 0 Å². The normalized spacial score (nSPS) is 10.8. The number of carbonyl (C=O) groups is 2. The molecule has 1 aromatic heterocycles. The van der Waals surface area contributed by atoms with Crippen molar-refractivity contribution in [1.29, 1.82) is 0 Å². The molecule has 0 aliphatic carbocycles. The average molecular weight is 430 g/mol. The van der Waals surface area contributed by atoms with E-state index in [0.29, 0.717) is 23.7 Å². The van der Waals surface area contributed by atoms with Gasteiger partial charge in [0.25, 0.3) is 17.4 Å². The molecular weight excluding hydrogens is 398 g/mol. The molecule has 1 heterocycles. The fourth-order valence-electron chi connectivity index (χ4n) is 3.27. The van der Waals surface area contributed by atoms with Crippen molar-refractivity contribution in [3.8, 4) is 11.5 Å². The summed E-state index contributed by atoms with van der Waals surface area (Å²) in [5.74, 6) is 0.503. The zero-order valence-corrected chi connectivity index (χ0v) is 19.0. The van der Waals surface area contributed by atoms with E-state index in [9.17, 15) is 14.4 Å². The summed E-state index contributed by atoms with van der Waals surface area (Å²) in [6.07, 6.45) is 1.48. The fourth-order valence-corrected chi connectivity index (χ4v) is 3.27. The monoisotopic (exact) mass is 429 g/mol. The Kier molecular flexibility index (Phi) is 8.24. The van der Waals surface area contributed by atoms with Gasteiger partial charge < -0.3 is 24.3 Å². The van der Waals surface area contributed by atoms with Crippen molar-refractivity contribution in [3.05, 3.63) is 52.4 Å². The molecule has 0 aliphatic heterocycles. The molecular formula is C23H31N3O5. The second-order valence-corrected chi connectivity index (χ2v) is 7.70. The van der Waals surface area contributed by atoms with Crippen LogP contribution in [-0.2, 0) is 11.8 Å². The molecule has 8 heteroatoms.